The second-order valence-corrected chi connectivity index (χ2v) is 7.21. The highest BCUT2D eigenvalue weighted by atomic mass is 32.2. The summed E-state index contributed by atoms with van der Waals surface area (Å²) in [5, 5.41) is 4.13. The Kier molecular flexibility index (Phi) is 5.04. The topological polar surface area (TPSA) is 90.3 Å². The number of anilines is 1. The van der Waals surface area contributed by atoms with Gasteiger partial charge in [0.05, 0.1) is 24.1 Å². The fraction of sp³-hybridized carbons (Fsp3) is 0.111. The van der Waals surface area contributed by atoms with Crippen LogP contribution in [0.1, 0.15) is 15.9 Å². The molecule has 0 atom stereocenters. The van der Waals surface area contributed by atoms with Crippen LogP contribution in [-0.2, 0) is 21.3 Å². The second-order valence-electron chi connectivity index (χ2n) is 5.53. The molecule has 3 aromatic rings. The smallest absolute Gasteiger partial charge is 0.337 e. The van der Waals surface area contributed by atoms with Crippen LogP contribution in [0.5, 0.6) is 0 Å². The summed E-state index contributed by atoms with van der Waals surface area (Å²) >= 11 is 0. The minimum absolute atomic E-state index is 0.0159. The number of methoxy groups -OCH3 is 1. The molecule has 26 heavy (non-hydrogen) atoms. The number of carbonyl (C=O) groups is 1. The van der Waals surface area contributed by atoms with Crippen LogP contribution in [0.3, 0.4) is 0 Å². The van der Waals surface area contributed by atoms with Crippen molar-refractivity contribution < 1.29 is 17.9 Å². The molecule has 134 valence electrons. The third-order valence-electron chi connectivity index (χ3n) is 3.65. The molecular weight excluding hydrogens is 354 g/mol. The number of ether oxygens (including phenoxy) is 1. The zero-order valence-corrected chi connectivity index (χ0v) is 14.8. The Hall–Kier alpha value is -3.13. The predicted molar refractivity (Wildman–Crippen MR) is 96.4 cm³/mol. The molecule has 1 heterocycles. The van der Waals surface area contributed by atoms with Gasteiger partial charge in [0.1, 0.15) is 0 Å². The summed E-state index contributed by atoms with van der Waals surface area (Å²) in [6.45, 7) is 0.528. The molecule has 0 spiro atoms. The second kappa shape index (κ2) is 7.40. The third-order valence-corrected chi connectivity index (χ3v) is 5.03. The lowest BCUT2D eigenvalue weighted by atomic mass is 10.2. The average molecular weight is 371 g/mol. The minimum Gasteiger partial charge on any atom is -0.465 e. The largest absolute Gasteiger partial charge is 0.465 e. The van der Waals surface area contributed by atoms with E-state index in [4.69, 9.17) is 0 Å². The first-order valence-corrected chi connectivity index (χ1v) is 9.24. The number of nitrogens with zero attached hydrogens (tertiary/aromatic N) is 2. The first-order valence-electron chi connectivity index (χ1n) is 7.75. The highest BCUT2D eigenvalue weighted by Crippen LogP contribution is 2.19. The van der Waals surface area contributed by atoms with Crippen molar-refractivity contribution in [3.8, 4) is 0 Å². The molecule has 0 bridgehead atoms. The highest BCUT2D eigenvalue weighted by Gasteiger charge is 2.17. The van der Waals surface area contributed by atoms with Gasteiger partial charge in [-0.1, -0.05) is 18.2 Å². The van der Waals surface area contributed by atoms with Crippen molar-refractivity contribution in [1.29, 1.82) is 0 Å². The summed E-state index contributed by atoms with van der Waals surface area (Å²) in [5.74, 6) is -0.594. The Morgan fingerprint density at radius 1 is 1.15 bits per heavy atom. The fourth-order valence-electron chi connectivity index (χ4n) is 2.44. The number of esters is 1. The van der Waals surface area contributed by atoms with Crippen molar-refractivity contribution in [1.82, 2.24) is 9.78 Å². The highest BCUT2D eigenvalue weighted by molar-refractivity contribution is 7.92. The molecule has 0 unspecified atom stereocenters. The zero-order chi connectivity index (χ0) is 18.6. The molecule has 0 saturated carbocycles. The van der Waals surface area contributed by atoms with Gasteiger partial charge in [-0.05, 0) is 42.0 Å². The van der Waals surface area contributed by atoms with E-state index in [0.717, 1.165) is 5.56 Å². The molecule has 7 nitrogen and oxygen atoms in total. The van der Waals surface area contributed by atoms with Crippen LogP contribution in [0.4, 0.5) is 5.69 Å². The molecule has 0 aliphatic carbocycles. The Balaban J connectivity index is 1.82. The van der Waals surface area contributed by atoms with Crippen LogP contribution < -0.4 is 4.72 Å². The van der Waals surface area contributed by atoms with E-state index >= 15 is 0 Å². The number of rotatable bonds is 6. The van der Waals surface area contributed by atoms with E-state index in [1.807, 2.05) is 18.3 Å². The lowest BCUT2D eigenvalue weighted by Crippen LogP contribution is -2.14. The van der Waals surface area contributed by atoms with Crippen molar-refractivity contribution in [3.63, 3.8) is 0 Å². The van der Waals surface area contributed by atoms with Gasteiger partial charge >= 0.3 is 5.97 Å². The van der Waals surface area contributed by atoms with Gasteiger partial charge in [0.15, 0.2) is 0 Å². The minimum atomic E-state index is -3.84. The lowest BCUT2D eigenvalue weighted by molar-refractivity contribution is 0.0600. The Morgan fingerprint density at radius 3 is 2.69 bits per heavy atom. The van der Waals surface area contributed by atoms with Crippen LogP contribution in [0.15, 0.2) is 71.9 Å². The van der Waals surface area contributed by atoms with Gasteiger partial charge in [0.25, 0.3) is 10.0 Å². The van der Waals surface area contributed by atoms with Gasteiger partial charge in [0, 0.05) is 18.1 Å². The third kappa shape index (κ3) is 4.09. The van der Waals surface area contributed by atoms with Crippen LogP contribution in [0.25, 0.3) is 0 Å². The van der Waals surface area contributed by atoms with Crippen LogP contribution >= 0.6 is 0 Å². The molecule has 1 N–H and O–H groups in total. The van der Waals surface area contributed by atoms with Gasteiger partial charge in [-0.2, -0.15) is 5.10 Å². The Morgan fingerprint density at radius 2 is 1.96 bits per heavy atom. The predicted octanol–water partition coefficient (Wildman–Crippen LogP) is 2.52. The first-order chi connectivity index (χ1) is 12.5. The normalized spacial score (nSPS) is 11.1. The average Bonchev–Trinajstić information content (AvgIpc) is 3.14. The van der Waals surface area contributed by atoms with E-state index in [2.05, 4.69) is 14.6 Å². The molecule has 0 aliphatic rings. The van der Waals surface area contributed by atoms with Crippen molar-refractivity contribution in [3.05, 3.63) is 78.1 Å². The van der Waals surface area contributed by atoms with Gasteiger partial charge in [0.2, 0.25) is 0 Å². The first kappa shape index (κ1) is 17.7. The summed E-state index contributed by atoms with van der Waals surface area (Å²) in [5.41, 5.74) is 1.50. The van der Waals surface area contributed by atoms with E-state index in [-0.39, 0.29) is 10.5 Å². The Bertz CT molecular complexity index is 1010. The van der Waals surface area contributed by atoms with Crippen LogP contribution in [-0.4, -0.2) is 31.3 Å². The SMILES string of the molecule is COC(=O)c1cccc(S(=O)(=O)Nc2cccc(Cn3cccn3)c2)c1. The van der Waals surface area contributed by atoms with E-state index in [9.17, 15) is 13.2 Å². The summed E-state index contributed by atoms with van der Waals surface area (Å²) in [6.07, 6.45) is 3.51. The van der Waals surface area contributed by atoms with Crippen LogP contribution in [0.2, 0.25) is 0 Å². The summed E-state index contributed by atoms with van der Waals surface area (Å²) in [6, 6.07) is 14.6. The maximum absolute atomic E-state index is 12.6. The van der Waals surface area contributed by atoms with E-state index in [0.29, 0.717) is 12.2 Å². The Labute approximate surface area is 151 Å². The number of carbonyl (C=O) groups excluding carboxylic acids is 1. The van der Waals surface area contributed by atoms with E-state index in [1.165, 1.54) is 31.4 Å². The number of benzene rings is 2. The standard InChI is InChI=1S/C18H17N3O4S/c1-25-18(22)15-6-3-8-17(12-15)26(23,24)20-16-7-2-5-14(11-16)13-21-10-4-9-19-21/h2-12,20H,13H2,1H3. The van der Waals surface area contributed by atoms with Gasteiger partial charge in [-0.25, -0.2) is 13.2 Å². The summed E-state index contributed by atoms with van der Waals surface area (Å²) in [4.78, 5) is 11.6. The van der Waals surface area contributed by atoms with Crippen molar-refractivity contribution in [2.75, 3.05) is 11.8 Å². The number of sulfonamides is 1. The van der Waals surface area contributed by atoms with Crippen molar-refractivity contribution >= 4 is 21.7 Å². The van der Waals surface area contributed by atoms with Crippen molar-refractivity contribution in [2.24, 2.45) is 0 Å². The molecular formula is C18H17N3O4S. The van der Waals surface area contributed by atoms with Gasteiger partial charge in [-0.3, -0.25) is 9.40 Å². The molecule has 0 saturated heterocycles. The van der Waals surface area contributed by atoms with E-state index in [1.54, 1.807) is 29.1 Å². The molecule has 8 heteroatoms. The van der Waals surface area contributed by atoms with Gasteiger partial charge in [-0.15, -0.1) is 0 Å². The maximum atomic E-state index is 12.6. The number of aromatic nitrogens is 2. The number of nitrogens with one attached hydrogen (secondary N) is 1. The molecule has 0 amide bonds. The number of hydrogen-bond acceptors (Lipinski definition) is 5. The molecule has 2 aromatic carbocycles. The molecule has 1 aromatic heterocycles. The maximum Gasteiger partial charge on any atom is 0.337 e. The fourth-order valence-corrected chi connectivity index (χ4v) is 3.53. The quantitative estimate of drug-likeness (QED) is 0.673. The number of hydrogen-bond donors (Lipinski definition) is 1. The molecule has 0 radical (unpaired) electrons. The van der Waals surface area contributed by atoms with Crippen LogP contribution in [0, 0.1) is 0 Å². The van der Waals surface area contributed by atoms with Gasteiger partial charge < -0.3 is 4.74 Å². The molecule has 0 fully saturated rings. The molecule has 0 aliphatic heterocycles. The monoisotopic (exact) mass is 371 g/mol. The van der Waals surface area contributed by atoms with E-state index < -0.39 is 16.0 Å². The zero-order valence-electron chi connectivity index (χ0n) is 14.0. The lowest BCUT2D eigenvalue weighted by Gasteiger charge is -2.10. The summed E-state index contributed by atoms with van der Waals surface area (Å²) < 4.78 is 34.1. The summed E-state index contributed by atoms with van der Waals surface area (Å²) in [7, 11) is -2.59. The molecule has 3 rings (SSSR count). The van der Waals surface area contributed by atoms with Crippen molar-refractivity contribution in [2.45, 2.75) is 11.4 Å².